The van der Waals surface area contributed by atoms with E-state index < -0.39 is 5.97 Å². The van der Waals surface area contributed by atoms with Crippen LogP contribution in [-0.4, -0.2) is 30.2 Å². The zero-order chi connectivity index (χ0) is 15.0. The summed E-state index contributed by atoms with van der Waals surface area (Å²) in [6.45, 7) is 5.72. The smallest absolute Gasteiger partial charge is 0.314 e. The minimum atomic E-state index is -0.825. The molecule has 0 aliphatic heterocycles. The van der Waals surface area contributed by atoms with Gasteiger partial charge in [-0.3, -0.25) is 4.79 Å². The van der Waals surface area contributed by atoms with Crippen molar-refractivity contribution in [3.63, 3.8) is 0 Å². The molecule has 3 N–H and O–H groups in total. The van der Waals surface area contributed by atoms with Gasteiger partial charge in [0.25, 0.3) is 0 Å². The third kappa shape index (κ3) is 6.78. The molecule has 1 saturated carbocycles. The molecule has 5 nitrogen and oxygen atoms in total. The van der Waals surface area contributed by atoms with E-state index in [0.29, 0.717) is 18.9 Å². The van der Waals surface area contributed by atoms with Crippen molar-refractivity contribution in [2.75, 3.05) is 13.1 Å². The highest BCUT2D eigenvalue weighted by atomic mass is 16.4. The fraction of sp³-hybridized carbons (Fsp3) is 0.867. The highest BCUT2D eigenvalue weighted by molar-refractivity contribution is 5.73. The summed E-state index contributed by atoms with van der Waals surface area (Å²) in [5, 5.41) is 14.1. The molecule has 0 atom stereocenters. The molecule has 5 heteroatoms. The average molecular weight is 284 g/mol. The predicted octanol–water partition coefficient (Wildman–Crippen LogP) is 2.61. The summed E-state index contributed by atoms with van der Waals surface area (Å²) in [7, 11) is 0. The maximum atomic E-state index is 11.5. The Morgan fingerprint density at radius 2 is 1.80 bits per heavy atom. The maximum Gasteiger partial charge on any atom is 0.314 e. The minimum Gasteiger partial charge on any atom is -0.481 e. The monoisotopic (exact) mass is 284 g/mol. The van der Waals surface area contributed by atoms with Crippen LogP contribution in [0.15, 0.2) is 0 Å². The first-order valence-electron chi connectivity index (χ1n) is 7.72. The van der Waals surface area contributed by atoms with Gasteiger partial charge in [-0.15, -0.1) is 0 Å². The molecule has 0 heterocycles. The summed E-state index contributed by atoms with van der Waals surface area (Å²) in [6, 6.07) is -0.179. The van der Waals surface area contributed by atoms with Crippen molar-refractivity contribution in [3.8, 4) is 0 Å². The van der Waals surface area contributed by atoms with Gasteiger partial charge in [0.15, 0.2) is 0 Å². The van der Waals surface area contributed by atoms with Gasteiger partial charge in [-0.1, -0.05) is 13.8 Å². The molecule has 0 aromatic carbocycles. The van der Waals surface area contributed by atoms with E-state index in [1.54, 1.807) is 0 Å². The lowest BCUT2D eigenvalue weighted by Crippen LogP contribution is -2.39. The highest BCUT2D eigenvalue weighted by Gasteiger charge is 2.23. The molecule has 1 aliphatic carbocycles. The first-order valence-corrected chi connectivity index (χ1v) is 7.72. The molecule has 0 bridgehead atoms. The number of aliphatic carboxylic acids is 1. The van der Waals surface area contributed by atoms with Crippen LogP contribution >= 0.6 is 0 Å². The SMILES string of the molecule is CC(C)C1CCC(CNC(=O)NCCCC(=O)O)CC1. The van der Waals surface area contributed by atoms with Crippen molar-refractivity contribution < 1.29 is 14.7 Å². The molecular formula is C15H28N2O3. The number of carbonyl (C=O) groups is 2. The largest absolute Gasteiger partial charge is 0.481 e. The van der Waals surface area contributed by atoms with Crippen LogP contribution in [0.3, 0.4) is 0 Å². The number of carboxylic acid groups (broad SMARTS) is 1. The van der Waals surface area contributed by atoms with Crippen molar-refractivity contribution in [1.82, 2.24) is 10.6 Å². The molecule has 116 valence electrons. The first kappa shape index (κ1) is 16.8. The Balaban J connectivity index is 2.06. The lowest BCUT2D eigenvalue weighted by atomic mass is 9.77. The minimum absolute atomic E-state index is 0.0967. The molecule has 2 amide bonds. The zero-order valence-corrected chi connectivity index (χ0v) is 12.7. The van der Waals surface area contributed by atoms with Gasteiger partial charge in [0.1, 0.15) is 0 Å². The van der Waals surface area contributed by atoms with Crippen molar-refractivity contribution in [1.29, 1.82) is 0 Å². The molecule has 1 rings (SSSR count). The topological polar surface area (TPSA) is 78.4 Å². The molecule has 20 heavy (non-hydrogen) atoms. The molecule has 1 aliphatic rings. The van der Waals surface area contributed by atoms with Gasteiger partial charge in [0.05, 0.1) is 0 Å². The number of hydrogen-bond donors (Lipinski definition) is 3. The normalized spacial score (nSPS) is 22.6. The van der Waals surface area contributed by atoms with Gasteiger partial charge in [-0.2, -0.15) is 0 Å². The third-order valence-corrected chi connectivity index (χ3v) is 4.24. The summed E-state index contributed by atoms with van der Waals surface area (Å²) < 4.78 is 0. The second-order valence-corrected chi connectivity index (χ2v) is 6.16. The van der Waals surface area contributed by atoms with Crippen molar-refractivity contribution >= 4 is 12.0 Å². The quantitative estimate of drug-likeness (QED) is 0.629. The number of carbonyl (C=O) groups excluding carboxylic acids is 1. The Kier molecular flexibility index (Phi) is 7.41. The Labute approximate surface area is 121 Å². The number of hydrogen-bond acceptors (Lipinski definition) is 2. The predicted molar refractivity (Wildman–Crippen MR) is 78.6 cm³/mol. The highest BCUT2D eigenvalue weighted by Crippen LogP contribution is 2.32. The Morgan fingerprint density at radius 1 is 1.15 bits per heavy atom. The van der Waals surface area contributed by atoms with E-state index in [0.717, 1.165) is 18.4 Å². The molecule has 0 saturated heterocycles. The van der Waals surface area contributed by atoms with Crippen LogP contribution in [-0.2, 0) is 4.79 Å². The van der Waals surface area contributed by atoms with Crippen LogP contribution in [0, 0.1) is 17.8 Å². The summed E-state index contributed by atoms with van der Waals surface area (Å²) in [5.74, 6) is 1.38. The van der Waals surface area contributed by atoms with Gasteiger partial charge in [0.2, 0.25) is 0 Å². The van der Waals surface area contributed by atoms with Gasteiger partial charge < -0.3 is 15.7 Å². The lowest BCUT2D eigenvalue weighted by molar-refractivity contribution is -0.137. The summed E-state index contributed by atoms with van der Waals surface area (Å²) >= 11 is 0. The fourth-order valence-electron chi connectivity index (χ4n) is 2.80. The molecule has 0 spiro atoms. The number of amides is 2. The summed E-state index contributed by atoms with van der Waals surface area (Å²) in [4.78, 5) is 21.9. The van der Waals surface area contributed by atoms with Crippen LogP contribution in [0.4, 0.5) is 4.79 Å². The van der Waals surface area contributed by atoms with Crippen molar-refractivity contribution in [3.05, 3.63) is 0 Å². The maximum absolute atomic E-state index is 11.5. The Hall–Kier alpha value is -1.26. The Bertz CT molecular complexity index is 310. The van der Waals surface area contributed by atoms with E-state index in [9.17, 15) is 9.59 Å². The standard InChI is InChI=1S/C15H28N2O3/c1-11(2)13-7-5-12(6-8-13)10-17-15(20)16-9-3-4-14(18)19/h11-13H,3-10H2,1-2H3,(H,18,19)(H2,16,17,20). The van der Waals surface area contributed by atoms with Crippen molar-refractivity contribution in [2.24, 2.45) is 17.8 Å². The first-order chi connectivity index (χ1) is 9.49. The second-order valence-electron chi connectivity index (χ2n) is 6.16. The number of urea groups is 1. The molecule has 0 unspecified atom stereocenters. The number of rotatable bonds is 7. The van der Waals surface area contributed by atoms with E-state index in [-0.39, 0.29) is 12.5 Å². The van der Waals surface area contributed by atoms with Crippen LogP contribution < -0.4 is 10.6 Å². The van der Waals surface area contributed by atoms with Gasteiger partial charge in [-0.25, -0.2) is 4.79 Å². The van der Waals surface area contributed by atoms with Gasteiger partial charge >= 0.3 is 12.0 Å². The van der Waals surface area contributed by atoms with E-state index in [1.165, 1.54) is 25.7 Å². The van der Waals surface area contributed by atoms with E-state index >= 15 is 0 Å². The average Bonchev–Trinajstić information content (AvgIpc) is 2.41. The van der Waals surface area contributed by atoms with E-state index in [1.807, 2.05) is 0 Å². The van der Waals surface area contributed by atoms with Gasteiger partial charge in [-0.05, 0) is 49.9 Å². The zero-order valence-electron chi connectivity index (χ0n) is 12.7. The molecule has 0 aromatic heterocycles. The number of nitrogens with one attached hydrogen (secondary N) is 2. The van der Waals surface area contributed by atoms with Gasteiger partial charge in [0, 0.05) is 19.5 Å². The van der Waals surface area contributed by atoms with Crippen LogP contribution in [0.1, 0.15) is 52.4 Å². The fourth-order valence-corrected chi connectivity index (χ4v) is 2.80. The Morgan fingerprint density at radius 3 is 2.35 bits per heavy atom. The number of carboxylic acids is 1. The van der Waals surface area contributed by atoms with Crippen LogP contribution in [0.5, 0.6) is 0 Å². The molecule has 0 aromatic rings. The second kappa shape index (κ2) is 8.82. The van der Waals surface area contributed by atoms with Crippen LogP contribution in [0.25, 0.3) is 0 Å². The van der Waals surface area contributed by atoms with E-state index in [2.05, 4.69) is 24.5 Å². The van der Waals surface area contributed by atoms with Crippen LogP contribution in [0.2, 0.25) is 0 Å². The summed E-state index contributed by atoms with van der Waals surface area (Å²) in [6.07, 6.45) is 5.50. The van der Waals surface area contributed by atoms with E-state index in [4.69, 9.17) is 5.11 Å². The molecular weight excluding hydrogens is 256 g/mol. The molecule has 0 radical (unpaired) electrons. The third-order valence-electron chi connectivity index (χ3n) is 4.24. The summed E-state index contributed by atoms with van der Waals surface area (Å²) in [5.41, 5.74) is 0. The van der Waals surface area contributed by atoms with Crippen molar-refractivity contribution in [2.45, 2.75) is 52.4 Å². The lowest BCUT2D eigenvalue weighted by Gasteiger charge is -2.30. The molecule has 1 fully saturated rings.